The van der Waals surface area contributed by atoms with Gasteiger partial charge in [0.15, 0.2) is 0 Å². The summed E-state index contributed by atoms with van der Waals surface area (Å²) in [5.74, 6) is 0. The number of nitrogens with zero attached hydrogens (tertiary/aromatic N) is 1. The first-order valence-electron chi connectivity index (χ1n) is 6.31. The average Bonchev–Trinajstić information content (AvgIpc) is 3.16. The van der Waals surface area contributed by atoms with Crippen LogP contribution in [0, 0.1) is 11.3 Å². The van der Waals surface area contributed by atoms with Crippen molar-refractivity contribution in [1.29, 1.82) is 5.26 Å². The quantitative estimate of drug-likeness (QED) is 0.674. The molecule has 0 bridgehead atoms. The summed E-state index contributed by atoms with van der Waals surface area (Å²) < 4.78 is 0. The van der Waals surface area contributed by atoms with Crippen LogP contribution in [0.25, 0.3) is 10.4 Å². The van der Waals surface area contributed by atoms with Gasteiger partial charge in [0.05, 0.1) is 10.6 Å². The molecule has 2 aromatic heterocycles. The molecule has 0 amide bonds. The van der Waals surface area contributed by atoms with Gasteiger partial charge in [-0.15, -0.1) is 22.7 Å². The van der Waals surface area contributed by atoms with Crippen molar-refractivity contribution in [1.82, 2.24) is 0 Å². The maximum absolute atomic E-state index is 8.86. The van der Waals surface area contributed by atoms with Crippen LogP contribution in [0.4, 0.5) is 5.69 Å². The van der Waals surface area contributed by atoms with Crippen LogP contribution in [-0.4, -0.2) is 0 Å². The van der Waals surface area contributed by atoms with Crippen molar-refractivity contribution in [3.63, 3.8) is 0 Å². The Hall–Kier alpha value is -1.80. The summed E-state index contributed by atoms with van der Waals surface area (Å²) >= 11 is 9.51. The highest BCUT2D eigenvalue weighted by Crippen LogP contribution is 2.29. The lowest BCUT2D eigenvalue weighted by Crippen LogP contribution is -1.97. The first kappa shape index (κ1) is 14.2. The molecule has 2 heterocycles. The summed E-state index contributed by atoms with van der Waals surface area (Å²) in [6.45, 7) is 0.748. The van der Waals surface area contributed by atoms with Crippen molar-refractivity contribution in [2.45, 2.75) is 6.54 Å². The maximum Gasteiger partial charge on any atom is 0.101 e. The monoisotopic (exact) mass is 330 g/mol. The van der Waals surface area contributed by atoms with E-state index in [1.807, 2.05) is 6.07 Å². The van der Waals surface area contributed by atoms with E-state index in [0.29, 0.717) is 10.6 Å². The van der Waals surface area contributed by atoms with Gasteiger partial charge in [0.2, 0.25) is 0 Å². The largest absolute Gasteiger partial charge is 0.380 e. The molecule has 0 radical (unpaired) electrons. The van der Waals surface area contributed by atoms with Crippen LogP contribution in [0.2, 0.25) is 5.02 Å². The standard InChI is InChI=1S/C16H11ClN2S2/c17-15-7-13(4-3-11(15)8-18)19-9-14-6-12(10-21-14)16-2-1-5-20-16/h1-7,10,19H,9H2. The molecule has 3 rings (SSSR count). The number of hydrogen-bond donors (Lipinski definition) is 1. The van der Waals surface area contributed by atoms with E-state index in [9.17, 15) is 0 Å². The van der Waals surface area contributed by atoms with Crippen molar-refractivity contribution in [3.8, 4) is 16.5 Å². The van der Waals surface area contributed by atoms with E-state index in [1.54, 1.807) is 34.8 Å². The van der Waals surface area contributed by atoms with Gasteiger partial charge in [-0.25, -0.2) is 0 Å². The van der Waals surface area contributed by atoms with Crippen LogP contribution < -0.4 is 5.32 Å². The number of thiophene rings is 2. The maximum atomic E-state index is 8.86. The Morgan fingerprint density at radius 1 is 1.19 bits per heavy atom. The lowest BCUT2D eigenvalue weighted by Gasteiger charge is -2.05. The van der Waals surface area contributed by atoms with Gasteiger partial charge in [-0.05, 0) is 41.1 Å². The third kappa shape index (κ3) is 3.27. The molecule has 21 heavy (non-hydrogen) atoms. The van der Waals surface area contributed by atoms with Gasteiger partial charge >= 0.3 is 0 Å². The van der Waals surface area contributed by atoms with Gasteiger partial charge in [-0.3, -0.25) is 0 Å². The van der Waals surface area contributed by atoms with Crippen molar-refractivity contribution < 1.29 is 0 Å². The van der Waals surface area contributed by atoms with Gasteiger partial charge < -0.3 is 5.32 Å². The molecule has 2 nitrogen and oxygen atoms in total. The van der Waals surface area contributed by atoms with E-state index in [2.05, 4.69) is 40.3 Å². The Balaban J connectivity index is 1.68. The van der Waals surface area contributed by atoms with Gasteiger partial charge in [0.25, 0.3) is 0 Å². The third-order valence-corrected chi connectivity index (χ3v) is 5.18. The lowest BCUT2D eigenvalue weighted by molar-refractivity contribution is 1.19. The molecular weight excluding hydrogens is 320 g/mol. The fraction of sp³-hybridized carbons (Fsp3) is 0.0625. The van der Waals surface area contributed by atoms with E-state index in [4.69, 9.17) is 16.9 Å². The van der Waals surface area contributed by atoms with Crippen molar-refractivity contribution in [3.05, 3.63) is 62.6 Å². The second-order valence-corrected chi connectivity index (χ2v) is 6.79. The zero-order chi connectivity index (χ0) is 14.7. The molecule has 0 aliphatic rings. The Morgan fingerprint density at radius 3 is 2.81 bits per heavy atom. The molecule has 0 fully saturated rings. The molecule has 0 saturated carbocycles. The van der Waals surface area contributed by atoms with Crippen LogP contribution >= 0.6 is 34.3 Å². The number of rotatable bonds is 4. The number of hydrogen-bond acceptors (Lipinski definition) is 4. The molecule has 1 aromatic carbocycles. The predicted molar refractivity (Wildman–Crippen MR) is 91.1 cm³/mol. The molecule has 1 N–H and O–H groups in total. The van der Waals surface area contributed by atoms with Crippen molar-refractivity contribution >= 4 is 40.0 Å². The van der Waals surface area contributed by atoms with Crippen LogP contribution in [0.5, 0.6) is 0 Å². The minimum atomic E-state index is 0.480. The number of nitrogens with one attached hydrogen (secondary N) is 1. The minimum Gasteiger partial charge on any atom is -0.380 e. The second kappa shape index (κ2) is 6.31. The number of halogens is 1. The molecule has 0 saturated heterocycles. The Morgan fingerprint density at radius 2 is 2.10 bits per heavy atom. The summed E-state index contributed by atoms with van der Waals surface area (Å²) in [5, 5.41) is 16.9. The van der Waals surface area contributed by atoms with E-state index < -0.39 is 0 Å². The van der Waals surface area contributed by atoms with Crippen LogP contribution in [0.15, 0.2) is 47.2 Å². The average molecular weight is 331 g/mol. The predicted octanol–water partition coefficient (Wildman–Crippen LogP) is 5.61. The van der Waals surface area contributed by atoms with Gasteiger partial charge in [0.1, 0.15) is 6.07 Å². The van der Waals surface area contributed by atoms with Gasteiger partial charge in [-0.1, -0.05) is 17.7 Å². The number of benzene rings is 1. The zero-order valence-corrected chi connectivity index (χ0v) is 13.4. The molecule has 0 spiro atoms. The topological polar surface area (TPSA) is 35.8 Å². The summed E-state index contributed by atoms with van der Waals surface area (Å²) in [4.78, 5) is 2.55. The second-order valence-electron chi connectivity index (χ2n) is 4.44. The SMILES string of the molecule is N#Cc1ccc(NCc2cc(-c3cccs3)cs2)cc1Cl. The summed E-state index contributed by atoms with van der Waals surface area (Å²) in [6.07, 6.45) is 0. The number of nitriles is 1. The molecule has 0 aliphatic carbocycles. The Bertz CT molecular complexity index is 785. The first-order valence-corrected chi connectivity index (χ1v) is 8.45. The molecule has 0 aliphatic heterocycles. The van der Waals surface area contributed by atoms with E-state index >= 15 is 0 Å². The minimum absolute atomic E-state index is 0.480. The zero-order valence-electron chi connectivity index (χ0n) is 11.0. The van der Waals surface area contributed by atoms with Crippen LogP contribution in [-0.2, 0) is 6.54 Å². The fourth-order valence-corrected chi connectivity index (χ4v) is 3.79. The molecule has 3 aromatic rings. The molecular formula is C16H11ClN2S2. The normalized spacial score (nSPS) is 10.3. The fourth-order valence-electron chi connectivity index (χ4n) is 1.95. The van der Waals surface area contributed by atoms with Gasteiger partial charge in [-0.2, -0.15) is 5.26 Å². The lowest BCUT2D eigenvalue weighted by atomic mass is 10.2. The van der Waals surface area contributed by atoms with Crippen LogP contribution in [0.3, 0.4) is 0 Å². The third-order valence-electron chi connectivity index (χ3n) is 3.02. The summed E-state index contributed by atoms with van der Waals surface area (Å²) in [5.41, 5.74) is 2.69. The highest BCUT2D eigenvalue weighted by molar-refractivity contribution is 7.14. The Kier molecular flexibility index (Phi) is 4.26. The number of anilines is 1. The molecule has 0 atom stereocenters. The molecule has 0 unspecified atom stereocenters. The molecule has 5 heteroatoms. The Labute approximate surface area is 136 Å². The highest BCUT2D eigenvalue weighted by atomic mass is 35.5. The van der Waals surface area contributed by atoms with Crippen LogP contribution in [0.1, 0.15) is 10.4 Å². The highest BCUT2D eigenvalue weighted by Gasteiger charge is 2.04. The summed E-state index contributed by atoms with van der Waals surface area (Å²) in [7, 11) is 0. The van der Waals surface area contributed by atoms with Crippen molar-refractivity contribution in [2.24, 2.45) is 0 Å². The van der Waals surface area contributed by atoms with E-state index in [0.717, 1.165) is 12.2 Å². The molecule has 104 valence electrons. The first-order chi connectivity index (χ1) is 10.3. The smallest absolute Gasteiger partial charge is 0.101 e. The summed E-state index contributed by atoms with van der Waals surface area (Å²) in [6, 6.07) is 13.8. The van der Waals surface area contributed by atoms with Gasteiger partial charge in [0, 0.05) is 27.5 Å². The van der Waals surface area contributed by atoms with E-state index in [1.165, 1.54) is 15.3 Å². The van der Waals surface area contributed by atoms with Crippen molar-refractivity contribution in [2.75, 3.05) is 5.32 Å². The van der Waals surface area contributed by atoms with E-state index in [-0.39, 0.29) is 0 Å².